The Morgan fingerprint density at radius 2 is 2.00 bits per heavy atom. The number of methoxy groups -OCH3 is 2. The Balaban J connectivity index is 1.87. The van der Waals surface area contributed by atoms with Crippen molar-refractivity contribution in [3.05, 3.63) is 35.4 Å². The van der Waals surface area contributed by atoms with E-state index in [4.69, 9.17) is 9.47 Å². The lowest BCUT2D eigenvalue weighted by Crippen LogP contribution is -2.43. The summed E-state index contributed by atoms with van der Waals surface area (Å²) in [6.45, 7) is 1.01. The minimum Gasteiger partial charge on any atom is -0.493 e. The van der Waals surface area contributed by atoms with Gasteiger partial charge in [0, 0.05) is 23.4 Å². The molecule has 0 radical (unpaired) electrons. The summed E-state index contributed by atoms with van der Waals surface area (Å²) in [5.41, 5.74) is 2.44. The van der Waals surface area contributed by atoms with Gasteiger partial charge in [0.1, 0.15) is 0 Å². The van der Waals surface area contributed by atoms with Gasteiger partial charge in [0.15, 0.2) is 17.3 Å². The number of hydrogen-bond acceptors (Lipinski definition) is 4. The molecule has 3 aliphatic rings. The van der Waals surface area contributed by atoms with Crippen LogP contribution in [0.15, 0.2) is 24.3 Å². The van der Waals surface area contributed by atoms with E-state index >= 15 is 0 Å². The highest BCUT2D eigenvalue weighted by molar-refractivity contribution is 5.92. The summed E-state index contributed by atoms with van der Waals surface area (Å²) in [6, 6.07) is 4.67. The third kappa shape index (κ3) is 2.27. The van der Waals surface area contributed by atoms with Crippen LogP contribution in [0.4, 0.5) is 0 Å². The van der Waals surface area contributed by atoms with Crippen LogP contribution >= 0.6 is 0 Å². The first-order valence-corrected chi connectivity index (χ1v) is 8.78. The number of carbonyl (C=O) groups is 1. The van der Waals surface area contributed by atoms with Crippen LogP contribution in [0.1, 0.15) is 42.7 Å². The fraction of sp³-hybridized carbons (Fsp3) is 0.550. The molecule has 0 N–H and O–H groups in total. The molecule has 1 saturated heterocycles. The molecule has 0 amide bonds. The Bertz CT molecular complexity index is 707. The van der Waals surface area contributed by atoms with Gasteiger partial charge >= 0.3 is 0 Å². The lowest BCUT2D eigenvalue weighted by molar-refractivity contribution is -0.116. The van der Waals surface area contributed by atoms with Crippen LogP contribution in [0.25, 0.3) is 0 Å². The van der Waals surface area contributed by atoms with Crippen LogP contribution in [0.3, 0.4) is 0 Å². The minimum absolute atomic E-state index is 0.0914. The molecular weight excluding hydrogens is 302 g/mol. The van der Waals surface area contributed by atoms with Gasteiger partial charge in [-0.1, -0.05) is 12.1 Å². The normalized spacial score (nSPS) is 29.6. The average molecular weight is 327 g/mol. The second-order valence-corrected chi connectivity index (χ2v) is 7.37. The Kier molecular flexibility index (Phi) is 3.68. The topological polar surface area (TPSA) is 38.8 Å². The third-order valence-electron chi connectivity index (χ3n) is 6.03. The molecular formula is C20H25NO3. The number of ketones is 1. The lowest BCUT2D eigenvalue weighted by Gasteiger charge is -2.38. The number of benzene rings is 1. The molecule has 1 heterocycles. The van der Waals surface area contributed by atoms with Crippen LogP contribution in [-0.2, 0) is 10.2 Å². The molecule has 4 rings (SSSR count). The largest absolute Gasteiger partial charge is 0.493 e. The zero-order valence-corrected chi connectivity index (χ0v) is 14.7. The monoisotopic (exact) mass is 327 g/mol. The maximum Gasteiger partial charge on any atom is 0.164 e. The van der Waals surface area contributed by atoms with Crippen molar-refractivity contribution >= 4 is 5.78 Å². The number of ether oxygens (including phenoxy) is 2. The Labute approximate surface area is 143 Å². The molecule has 2 atom stereocenters. The Hall–Kier alpha value is -1.81. The molecule has 0 bridgehead atoms. The molecule has 1 aliphatic heterocycles. The number of likely N-dealkylation sites (N-methyl/N-ethyl adjacent to an activating group) is 1. The Morgan fingerprint density at radius 1 is 1.21 bits per heavy atom. The molecule has 24 heavy (non-hydrogen) atoms. The highest BCUT2D eigenvalue weighted by Gasteiger charge is 2.48. The summed E-state index contributed by atoms with van der Waals surface area (Å²) in [7, 11) is 5.54. The molecule has 2 fully saturated rings. The molecule has 128 valence electrons. The number of allylic oxidation sites excluding steroid dienone is 1. The zero-order valence-electron chi connectivity index (χ0n) is 14.7. The molecule has 1 saturated carbocycles. The number of likely N-dealkylation sites (tertiary alicyclic amines) is 1. The predicted molar refractivity (Wildman–Crippen MR) is 93.0 cm³/mol. The SMILES string of the molecule is COc1cc(C23C=CC(=O)CC2N(C)CC3)cc(C2CC2)c1OC. The van der Waals surface area contributed by atoms with Crippen LogP contribution < -0.4 is 9.47 Å². The maximum absolute atomic E-state index is 12.0. The highest BCUT2D eigenvalue weighted by Crippen LogP contribution is 2.52. The van der Waals surface area contributed by atoms with E-state index in [0.29, 0.717) is 12.3 Å². The number of rotatable bonds is 4. The van der Waals surface area contributed by atoms with Gasteiger partial charge < -0.3 is 14.4 Å². The van der Waals surface area contributed by atoms with E-state index < -0.39 is 0 Å². The molecule has 0 spiro atoms. The predicted octanol–water partition coefficient (Wildman–Crippen LogP) is 3.05. The first kappa shape index (κ1) is 15.7. The molecule has 1 aromatic rings. The van der Waals surface area contributed by atoms with Crippen LogP contribution in [0, 0.1) is 0 Å². The van der Waals surface area contributed by atoms with Crippen LogP contribution in [-0.4, -0.2) is 44.5 Å². The molecule has 1 aromatic carbocycles. The summed E-state index contributed by atoms with van der Waals surface area (Å²) in [5, 5.41) is 0. The Morgan fingerprint density at radius 3 is 2.67 bits per heavy atom. The van der Waals surface area contributed by atoms with Gasteiger partial charge in [-0.2, -0.15) is 0 Å². The van der Waals surface area contributed by atoms with Gasteiger partial charge in [0.05, 0.1) is 14.2 Å². The summed E-state index contributed by atoms with van der Waals surface area (Å²) in [6.07, 6.45) is 7.99. The van der Waals surface area contributed by atoms with Crippen molar-refractivity contribution in [1.29, 1.82) is 0 Å². The molecule has 4 heteroatoms. The summed E-state index contributed by atoms with van der Waals surface area (Å²) >= 11 is 0. The summed E-state index contributed by atoms with van der Waals surface area (Å²) in [5.74, 6) is 2.49. The van der Waals surface area contributed by atoms with Gasteiger partial charge in [0.25, 0.3) is 0 Å². The quantitative estimate of drug-likeness (QED) is 0.852. The molecule has 2 aliphatic carbocycles. The van der Waals surface area contributed by atoms with Crippen molar-refractivity contribution in [3.8, 4) is 11.5 Å². The number of nitrogens with zero attached hydrogens (tertiary/aromatic N) is 1. The minimum atomic E-state index is -0.0914. The average Bonchev–Trinajstić information content (AvgIpc) is 3.39. The molecule has 0 aromatic heterocycles. The fourth-order valence-electron chi connectivity index (χ4n) is 4.50. The fourth-order valence-corrected chi connectivity index (χ4v) is 4.50. The highest BCUT2D eigenvalue weighted by atomic mass is 16.5. The van der Waals surface area contributed by atoms with E-state index in [1.807, 2.05) is 0 Å². The summed E-state index contributed by atoms with van der Waals surface area (Å²) < 4.78 is 11.3. The van der Waals surface area contributed by atoms with E-state index in [-0.39, 0.29) is 17.2 Å². The third-order valence-corrected chi connectivity index (χ3v) is 6.03. The number of fused-ring (bicyclic) bond motifs is 1. The van der Waals surface area contributed by atoms with Gasteiger partial charge in [-0.15, -0.1) is 0 Å². The van der Waals surface area contributed by atoms with Crippen molar-refractivity contribution in [2.45, 2.75) is 43.1 Å². The van der Waals surface area contributed by atoms with Gasteiger partial charge in [0.2, 0.25) is 0 Å². The standard InChI is InChI=1S/C20H25NO3/c1-21-9-8-20(7-6-15(22)12-18(20)21)14-10-16(13-4-5-13)19(24-3)17(11-14)23-2/h6-7,10-11,13,18H,4-5,8-9,12H2,1-3H3. The zero-order chi connectivity index (χ0) is 16.9. The van der Waals surface area contributed by atoms with E-state index in [9.17, 15) is 4.79 Å². The van der Waals surface area contributed by atoms with Gasteiger partial charge in [-0.05, 0) is 56.5 Å². The smallest absolute Gasteiger partial charge is 0.164 e. The van der Waals surface area contributed by atoms with Gasteiger partial charge in [-0.25, -0.2) is 0 Å². The van der Waals surface area contributed by atoms with Crippen molar-refractivity contribution in [2.24, 2.45) is 0 Å². The second kappa shape index (κ2) is 5.62. The second-order valence-electron chi connectivity index (χ2n) is 7.37. The summed E-state index contributed by atoms with van der Waals surface area (Å²) in [4.78, 5) is 14.3. The van der Waals surface area contributed by atoms with Crippen molar-refractivity contribution in [2.75, 3.05) is 27.8 Å². The van der Waals surface area contributed by atoms with E-state index in [0.717, 1.165) is 24.5 Å². The van der Waals surface area contributed by atoms with Crippen molar-refractivity contribution in [3.63, 3.8) is 0 Å². The first-order chi connectivity index (χ1) is 11.6. The lowest BCUT2D eigenvalue weighted by atomic mass is 9.69. The van der Waals surface area contributed by atoms with Gasteiger partial charge in [-0.3, -0.25) is 4.79 Å². The van der Waals surface area contributed by atoms with Crippen LogP contribution in [0.2, 0.25) is 0 Å². The van der Waals surface area contributed by atoms with E-state index in [1.54, 1.807) is 20.3 Å². The maximum atomic E-state index is 12.0. The van der Waals surface area contributed by atoms with E-state index in [1.165, 1.54) is 24.0 Å². The van der Waals surface area contributed by atoms with E-state index in [2.05, 4.69) is 30.2 Å². The van der Waals surface area contributed by atoms with Crippen LogP contribution in [0.5, 0.6) is 11.5 Å². The van der Waals surface area contributed by atoms with Crippen molar-refractivity contribution in [1.82, 2.24) is 4.90 Å². The number of carbonyl (C=O) groups excluding carboxylic acids is 1. The van der Waals surface area contributed by atoms with Crippen molar-refractivity contribution < 1.29 is 14.3 Å². The molecule has 4 nitrogen and oxygen atoms in total. The molecule has 2 unspecified atom stereocenters. The first-order valence-electron chi connectivity index (χ1n) is 8.78. The number of hydrogen-bond donors (Lipinski definition) is 0.